The molecular weight excluding hydrogens is 308 g/mol. The number of amides is 2. The van der Waals surface area contributed by atoms with Crippen molar-refractivity contribution in [3.63, 3.8) is 0 Å². The van der Waals surface area contributed by atoms with Gasteiger partial charge in [-0.05, 0) is 51.7 Å². The zero-order chi connectivity index (χ0) is 17.6. The van der Waals surface area contributed by atoms with E-state index in [9.17, 15) is 9.59 Å². The molecule has 1 N–H and O–H groups in total. The SMILES string of the molecule is CC(C)(C)OC(=O)N1CCC(COc2cccc(NC=O)c2)CC1. The summed E-state index contributed by atoms with van der Waals surface area (Å²) in [5, 5.41) is 2.60. The number of nitrogens with one attached hydrogen (secondary N) is 1. The monoisotopic (exact) mass is 334 g/mol. The van der Waals surface area contributed by atoms with Crippen molar-refractivity contribution in [1.29, 1.82) is 0 Å². The van der Waals surface area contributed by atoms with Gasteiger partial charge in [0.15, 0.2) is 0 Å². The zero-order valence-corrected chi connectivity index (χ0v) is 14.6. The highest BCUT2D eigenvalue weighted by Crippen LogP contribution is 2.22. The van der Waals surface area contributed by atoms with Gasteiger partial charge < -0.3 is 19.7 Å². The van der Waals surface area contributed by atoms with Crippen LogP contribution in [-0.4, -0.2) is 42.7 Å². The molecule has 1 aliphatic rings. The molecule has 0 radical (unpaired) electrons. The second-order valence-corrected chi connectivity index (χ2v) is 7.01. The third-order valence-corrected chi connectivity index (χ3v) is 3.81. The van der Waals surface area contributed by atoms with Gasteiger partial charge in [0.1, 0.15) is 11.4 Å². The van der Waals surface area contributed by atoms with Crippen LogP contribution in [0.2, 0.25) is 0 Å². The number of ether oxygens (including phenoxy) is 2. The van der Waals surface area contributed by atoms with Crippen molar-refractivity contribution in [1.82, 2.24) is 4.90 Å². The molecule has 24 heavy (non-hydrogen) atoms. The van der Waals surface area contributed by atoms with Crippen molar-refractivity contribution in [3.05, 3.63) is 24.3 Å². The van der Waals surface area contributed by atoms with Gasteiger partial charge in [-0.1, -0.05) is 6.07 Å². The predicted molar refractivity (Wildman–Crippen MR) is 92.2 cm³/mol. The minimum absolute atomic E-state index is 0.241. The Labute approximate surface area is 143 Å². The quantitative estimate of drug-likeness (QED) is 0.839. The highest BCUT2D eigenvalue weighted by atomic mass is 16.6. The third-order valence-electron chi connectivity index (χ3n) is 3.81. The average Bonchev–Trinajstić information content (AvgIpc) is 2.52. The lowest BCUT2D eigenvalue weighted by molar-refractivity contribution is -0.105. The molecule has 0 spiro atoms. The summed E-state index contributed by atoms with van der Waals surface area (Å²) < 4.78 is 11.2. The first-order valence-corrected chi connectivity index (χ1v) is 8.28. The maximum atomic E-state index is 12.0. The second-order valence-electron chi connectivity index (χ2n) is 7.01. The molecule has 0 bridgehead atoms. The maximum Gasteiger partial charge on any atom is 0.410 e. The topological polar surface area (TPSA) is 67.9 Å². The van der Waals surface area contributed by atoms with Crippen molar-refractivity contribution in [3.8, 4) is 5.75 Å². The van der Waals surface area contributed by atoms with Crippen molar-refractivity contribution >= 4 is 18.2 Å². The van der Waals surface area contributed by atoms with Crippen LogP contribution in [0.15, 0.2) is 24.3 Å². The van der Waals surface area contributed by atoms with Crippen molar-refractivity contribution in [2.75, 3.05) is 25.0 Å². The predicted octanol–water partition coefficient (Wildman–Crippen LogP) is 3.28. The van der Waals surface area contributed by atoms with E-state index in [1.165, 1.54) is 0 Å². The van der Waals surface area contributed by atoms with Crippen LogP contribution >= 0.6 is 0 Å². The molecule has 132 valence electrons. The molecule has 1 heterocycles. The highest BCUT2D eigenvalue weighted by Gasteiger charge is 2.27. The Kier molecular flexibility index (Phi) is 6.06. The molecule has 6 nitrogen and oxygen atoms in total. The van der Waals surface area contributed by atoms with E-state index in [0.29, 0.717) is 37.7 Å². The van der Waals surface area contributed by atoms with Gasteiger partial charge in [0.05, 0.1) is 6.61 Å². The fourth-order valence-electron chi connectivity index (χ4n) is 2.57. The molecule has 0 aromatic heterocycles. The number of likely N-dealkylation sites (tertiary alicyclic amines) is 1. The second kappa shape index (κ2) is 8.04. The molecule has 0 aliphatic carbocycles. The number of rotatable bonds is 5. The molecule has 2 amide bonds. The van der Waals surface area contributed by atoms with Gasteiger partial charge in [-0.15, -0.1) is 0 Å². The minimum Gasteiger partial charge on any atom is -0.493 e. The van der Waals surface area contributed by atoms with E-state index in [-0.39, 0.29) is 6.09 Å². The Morgan fingerprint density at radius 1 is 1.33 bits per heavy atom. The molecule has 1 fully saturated rings. The number of hydrogen-bond acceptors (Lipinski definition) is 4. The first-order chi connectivity index (χ1) is 11.4. The number of carbonyl (C=O) groups excluding carboxylic acids is 2. The Balaban J connectivity index is 1.76. The molecule has 0 saturated carbocycles. The van der Waals surface area contributed by atoms with Crippen molar-refractivity contribution < 1.29 is 19.1 Å². The molecular formula is C18H26N2O4. The van der Waals surface area contributed by atoms with E-state index in [2.05, 4.69) is 5.32 Å². The first kappa shape index (κ1) is 18.1. The summed E-state index contributed by atoms with van der Waals surface area (Å²) in [6.45, 7) is 7.61. The number of nitrogens with zero attached hydrogens (tertiary/aromatic N) is 1. The van der Waals surface area contributed by atoms with Crippen LogP contribution in [0.1, 0.15) is 33.6 Å². The van der Waals surface area contributed by atoms with E-state index >= 15 is 0 Å². The van der Waals surface area contributed by atoms with E-state index in [4.69, 9.17) is 9.47 Å². The summed E-state index contributed by atoms with van der Waals surface area (Å²) >= 11 is 0. The van der Waals surface area contributed by atoms with Crippen LogP contribution in [0.5, 0.6) is 5.75 Å². The summed E-state index contributed by atoms with van der Waals surface area (Å²) in [5.74, 6) is 1.14. The molecule has 6 heteroatoms. The van der Waals surface area contributed by atoms with E-state index in [1.54, 1.807) is 17.0 Å². The van der Waals surface area contributed by atoms with Gasteiger partial charge in [-0.25, -0.2) is 4.79 Å². The number of carbonyl (C=O) groups is 2. The van der Waals surface area contributed by atoms with E-state index in [0.717, 1.165) is 18.6 Å². The molecule has 0 atom stereocenters. The van der Waals surface area contributed by atoms with Crippen LogP contribution in [0, 0.1) is 5.92 Å². The van der Waals surface area contributed by atoms with Crippen LogP contribution in [0.4, 0.5) is 10.5 Å². The summed E-state index contributed by atoms with van der Waals surface area (Å²) in [5.41, 5.74) is 0.250. The average molecular weight is 334 g/mol. The van der Waals surface area contributed by atoms with Gasteiger partial charge in [0.25, 0.3) is 0 Å². The maximum absolute atomic E-state index is 12.0. The normalized spacial score (nSPS) is 15.7. The van der Waals surface area contributed by atoms with Crippen LogP contribution < -0.4 is 10.1 Å². The van der Waals surface area contributed by atoms with Crippen LogP contribution in [-0.2, 0) is 9.53 Å². The fourth-order valence-corrected chi connectivity index (χ4v) is 2.57. The Morgan fingerprint density at radius 2 is 2.04 bits per heavy atom. The molecule has 2 rings (SSSR count). The van der Waals surface area contributed by atoms with E-state index < -0.39 is 5.60 Å². The lowest BCUT2D eigenvalue weighted by Gasteiger charge is -2.33. The lowest BCUT2D eigenvalue weighted by Crippen LogP contribution is -2.42. The Hall–Kier alpha value is -2.24. The number of benzene rings is 1. The highest BCUT2D eigenvalue weighted by molar-refractivity contribution is 5.71. The standard InChI is InChI=1S/C18H26N2O4/c1-18(2,3)24-17(22)20-9-7-14(8-10-20)12-23-16-6-4-5-15(11-16)19-13-21/h4-6,11,13-14H,7-10,12H2,1-3H3,(H,19,21). The molecule has 1 aromatic carbocycles. The van der Waals surface area contributed by atoms with Crippen molar-refractivity contribution in [2.24, 2.45) is 5.92 Å². The summed E-state index contributed by atoms with van der Waals surface area (Å²) in [7, 11) is 0. The van der Waals surface area contributed by atoms with Crippen molar-refractivity contribution in [2.45, 2.75) is 39.2 Å². The lowest BCUT2D eigenvalue weighted by atomic mass is 9.98. The molecule has 1 aliphatic heterocycles. The first-order valence-electron chi connectivity index (χ1n) is 8.28. The van der Waals surface area contributed by atoms with Gasteiger partial charge in [0, 0.05) is 24.8 Å². The summed E-state index contributed by atoms with van der Waals surface area (Å²) in [4.78, 5) is 24.3. The Morgan fingerprint density at radius 3 is 2.67 bits per heavy atom. The third kappa shape index (κ3) is 5.76. The number of piperidine rings is 1. The summed E-state index contributed by atoms with van der Waals surface area (Å²) in [6.07, 6.45) is 2.19. The van der Waals surface area contributed by atoms with Gasteiger partial charge in [0.2, 0.25) is 6.41 Å². The Bertz CT molecular complexity index is 560. The van der Waals surface area contributed by atoms with Gasteiger partial charge >= 0.3 is 6.09 Å². The zero-order valence-electron chi connectivity index (χ0n) is 14.6. The smallest absolute Gasteiger partial charge is 0.410 e. The summed E-state index contributed by atoms with van der Waals surface area (Å²) in [6, 6.07) is 7.31. The largest absolute Gasteiger partial charge is 0.493 e. The molecule has 1 saturated heterocycles. The van der Waals surface area contributed by atoms with E-state index in [1.807, 2.05) is 32.9 Å². The molecule has 1 aromatic rings. The number of hydrogen-bond donors (Lipinski definition) is 1. The van der Waals surface area contributed by atoms with Gasteiger partial charge in [-0.2, -0.15) is 0 Å². The van der Waals surface area contributed by atoms with Crippen LogP contribution in [0.25, 0.3) is 0 Å². The van der Waals surface area contributed by atoms with Crippen LogP contribution in [0.3, 0.4) is 0 Å². The van der Waals surface area contributed by atoms with Gasteiger partial charge in [-0.3, -0.25) is 4.79 Å². The molecule has 0 unspecified atom stereocenters. The fraction of sp³-hybridized carbons (Fsp3) is 0.556. The number of anilines is 1. The minimum atomic E-state index is -0.461.